The lowest BCUT2D eigenvalue weighted by Crippen LogP contribution is -2.47. The number of hydrogen-bond donors (Lipinski definition) is 2. The predicted molar refractivity (Wildman–Crippen MR) is 83.5 cm³/mol. The quantitative estimate of drug-likeness (QED) is 0.888. The Balaban J connectivity index is 1.95. The summed E-state index contributed by atoms with van der Waals surface area (Å²) in [5.74, 6) is 0.617. The Morgan fingerprint density at radius 1 is 1.27 bits per heavy atom. The van der Waals surface area contributed by atoms with Gasteiger partial charge in [-0.2, -0.15) is 5.26 Å². The van der Waals surface area contributed by atoms with Crippen molar-refractivity contribution in [2.45, 2.75) is 18.9 Å². The van der Waals surface area contributed by atoms with Crippen LogP contribution in [0.1, 0.15) is 30.0 Å². The van der Waals surface area contributed by atoms with E-state index < -0.39 is 0 Å². The molecule has 22 heavy (non-hydrogen) atoms. The van der Waals surface area contributed by atoms with E-state index in [1.165, 1.54) is 0 Å². The van der Waals surface area contributed by atoms with E-state index in [1.807, 2.05) is 12.1 Å². The minimum Gasteiger partial charge on any atom is -0.506 e. The SMILES string of the molecule is N#Cc1cccc([C@H](C2CCOCC2)N2CCNCC2)c1O. The molecule has 118 valence electrons. The topological polar surface area (TPSA) is 68.5 Å². The van der Waals surface area contributed by atoms with Gasteiger partial charge in [-0.3, -0.25) is 4.90 Å². The first-order chi connectivity index (χ1) is 10.8. The zero-order valence-electron chi connectivity index (χ0n) is 12.8. The van der Waals surface area contributed by atoms with Crippen molar-refractivity contribution < 1.29 is 9.84 Å². The van der Waals surface area contributed by atoms with E-state index in [1.54, 1.807) is 6.07 Å². The third-order valence-electron chi connectivity index (χ3n) is 4.76. The lowest BCUT2D eigenvalue weighted by atomic mass is 9.84. The number of para-hydroxylation sites is 1. The number of rotatable bonds is 3. The van der Waals surface area contributed by atoms with Crippen molar-refractivity contribution >= 4 is 0 Å². The van der Waals surface area contributed by atoms with Gasteiger partial charge in [-0.15, -0.1) is 0 Å². The maximum atomic E-state index is 10.5. The summed E-state index contributed by atoms with van der Waals surface area (Å²) in [6, 6.07) is 7.78. The summed E-state index contributed by atoms with van der Waals surface area (Å²) >= 11 is 0. The molecule has 0 unspecified atom stereocenters. The molecule has 5 heteroatoms. The van der Waals surface area contributed by atoms with Gasteiger partial charge in [0.2, 0.25) is 0 Å². The zero-order chi connectivity index (χ0) is 15.4. The maximum Gasteiger partial charge on any atom is 0.138 e. The fraction of sp³-hybridized carbons (Fsp3) is 0.588. The van der Waals surface area contributed by atoms with Gasteiger partial charge in [-0.1, -0.05) is 12.1 Å². The van der Waals surface area contributed by atoms with Crippen LogP contribution in [-0.2, 0) is 4.74 Å². The number of hydrogen-bond acceptors (Lipinski definition) is 5. The molecule has 2 heterocycles. The van der Waals surface area contributed by atoms with Crippen LogP contribution in [0.25, 0.3) is 0 Å². The van der Waals surface area contributed by atoms with Gasteiger partial charge in [0.1, 0.15) is 11.8 Å². The van der Waals surface area contributed by atoms with Crippen LogP contribution in [-0.4, -0.2) is 49.4 Å². The van der Waals surface area contributed by atoms with E-state index in [0.29, 0.717) is 11.5 Å². The highest BCUT2D eigenvalue weighted by Gasteiger charge is 2.33. The van der Waals surface area contributed by atoms with Crippen LogP contribution in [0.3, 0.4) is 0 Å². The molecule has 5 nitrogen and oxygen atoms in total. The van der Waals surface area contributed by atoms with Crippen molar-refractivity contribution in [2.75, 3.05) is 39.4 Å². The molecule has 0 spiro atoms. The van der Waals surface area contributed by atoms with Crippen molar-refractivity contribution in [3.63, 3.8) is 0 Å². The third kappa shape index (κ3) is 3.09. The summed E-state index contributed by atoms with van der Waals surface area (Å²) in [5.41, 5.74) is 1.26. The minimum absolute atomic E-state index is 0.153. The third-order valence-corrected chi connectivity index (χ3v) is 4.76. The summed E-state index contributed by atoms with van der Waals surface area (Å²) in [6.45, 7) is 5.45. The van der Waals surface area contributed by atoms with Crippen LogP contribution in [0, 0.1) is 17.2 Å². The van der Waals surface area contributed by atoms with Crippen molar-refractivity contribution in [1.29, 1.82) is 5.26 Å². The van der Waals surface area contributed by atoms with Gasteiger partial charge in [0.05, 0.1) is 5.56 Å². The molecule has 0 bridgehead atoms. The molecule has 2 aliphatic rings. The molecular formula is C17H23N3O2. The van der Waals surface area contributed by atoms with Crippen LogP contribution in [0.4, 0.5) is 0 Å². The van der Waals surface area contributed by atoms with E-state index in [2.05, 4.69) is 16.3 Å². The number of piperazine rings is 1. The van der Waals surface area contributed by atoms with Crippen LogP contribution in [0.2, 0.25) is 0 Å². The summed E-state index contributed by atoms with van der Waals surface area (Å²) in [4.78, 5) is 2.45. The largest absolute Gasteiger partial charge is 0.506 e. The van der Waals surface area contributed by atoms with Crippen molar-refractivity contribution in [3.05, 3.63) is 29.3 Å². The summed E-state index contributed by atoms with van der Waals surface area (Å²) < 4.78 is 5.50. The van der Waals surface area contributed by atoms with Crippen LogP contribution in [0.5, 0.6) is 5.75 Å². The molecule has 2 saturated heterocycles. The molecule has 1 aromatic rings. The van der Waals surface area contributed by atoms with Crippen LogP contribution in [0.15, 0.2) is 18.2 Å². The number of phenols is 1. The summed E-state index contributed by atoms with van der Waals surface area (Å²) in [6.07, 6.45) is 2.01. The molecular weight excluding hydrogens is 278 g/mol. The molecule has 2 aliphatic heterocycles. The molecule has 0 radical (unpaired) electrons. The van der Waals surface area contributed by atoms with Gasteiger partial charge in [-0.25, -0.2) is 0 Å². The van der Waals surface area contributed by atoms with Gasteiger partial charge in [-0.05, 0) is 24.8 Å². The fourth-order valence-electron chi connectivity index (χ4n) is 3.63. The molecule has 1 atom stereocenters. The average Bonchev–Trinajstić information content (AvgIpc) is 2.59. The van der Waals surface area contributed by atoms with Gasteiger partial charge in [0.25, 0.3) is 0 Å². The first kappa shape index (κ1) is 15.3. The Morgan fingerprint density at radius 3 is 2.68 bits per heavy atom. The Hall–Kier alpha value is -1.61. The normalized spacial score (nSPS) is 22.1. The van der Waals surface area contributed by atoms with E-state index in [9.17, 15) is 10.4 Å². The molecule has 0 aliphatic carbocycles. The molecule has 0 aromatic heterocycles. The molecule has 2 fully saturated rings. The van der Waals surface area contributed by atoms with Crippen molar-refractivity contribution in [3.8, 4) is 11.8 Å². The monoisotopic (exact) mass is 301 g/mol. The first-order valence-corrected chi connectivity index (χ1v) is 8.05. The van der Waals surface area contributed by atoms with Gasteiger partial charge >= 0.3 is 0 Å². The highest BCUT2D eigenvalue weighted by Crippen LogP contribution is 2.40. The Bertz CT molecular complexity index is 525. The van der Waals surface area contributed by atoms with Gasteiger partial charge < -0.3 is 15.2 Å². The Morgan fingerprint density at radius 2 is 2.00 bits per heavy atom. The molecule has 2 N–H and O–H groups in total. The lowest BCUT2D eigenvalue weighted by molar-refractivity contribution is 0.0206. The first-order valence-electron chi connectivity index (χ1n) is 8.05. The molecule has 1 aromatic carbocycles. The maximum absolute atomic E-state index is 10.5. The minimum atomic E-state index is 0.153. The van der Waals surface area contributed by atoms with E-state index >= 15 is 0 Å². The molecule has 0 amide bonds. The Labute approximate surface area is 131 Å². The van der Waals surface area contributed by atoms with Crippen molar-refractivity contribution in [2.24, 2.45) is 5.92 Å². The number of nitriles is 1. The smallest absolute Gasteiger partial charge is 0.138 e. The summed E-state index contributed by atoms with van der Waals surface area (Å²) in [7, 11) is 0. The van der Waals surface area contributed by atoms with E-state index in [-0.39, 0.29) is 11.8 Å². The second kappa shape index (κ2) is 7.10. The number of aromatic hydroxyl groups is 1. The number of benzene rings is 1. The zero-order valence-corrected chi connectivity index (χ0v) is 12.8. The number of phenolic OH excluding ortho intramolecular Hbond substituents is 1. The number of ether oxygens (including phenoxy) is 1. The molecule has 0 saturated carbocycles. The molecule has 3 rings (SSSR count). The van der Waals surface area contributed by atoms with Crippen LogP contribution >= 0.6 is 0 Å². The average molecular weight is 301 g/mol. The fourth-order valence-corrected chi connectivity index (χ4v) is 3.63. The number of nitrogens with zero attached hydrogens (tertiary/aromatic N) is 2. The van der Waals surface area contributed by atoms with Gasteiger partial charge in [0.15, 0.2) is 0 Å². The highest BCUT2D eigenvalue weighted by molar-refractivity contribution is 5.49. The highest BCUT2D eigenvalue weighted by atomic mass is 16.5. The standard InChI is InChI=1S/C17H23N3O2/c18-12-14-2-1-3-15(17(14)21)16(13-4-10-22-11-5-13)20-8-6-19-7-9-20/h1-3,13,16,19,21H,4-11H2/t16-/m0/s1. The van der Waals surface area contributed by atoms with E-state index in [0.717, 1.165) is 57.8 Å². The Kier molecular flexibility index (Phi) is 4.94. The van der Waals surface area contributed by atoms with Gasteiger partial charge in [0, 0.05) is 51.0 Å². The second-order valence-electron chi connectivity index (χ2n) is 6.04. The van der Waals surface area contributed by atoms with Crippen molar-refractivity contribution in [1.82, 2.24) is 10.2 Å². The summed E-state index contributed by atoms with van der Waals surface area (Å²) in [5, 5.41) is 23.1. The number of nitrogens with one attached hydrogen (secondary N) is 1. The predicted octanol–water partition coefficient (Wildman–Crippen LogP) is 1.64. The van der Waals surface area contributed by atoms with E-state index in [4.69, 9.17) is 4.74 Å². The second-order valence-corrected chi connectivity index (χ2v) is 6.04. The van der Waals surface area contributed by atoms with Crippen LogP contribution < -0.4 is 5.32 Å². The lowest BCUT2D eigenvalue weighted by Gasteiger charge is -2.41.